The number of aryl methyl sites for hydroxylation is 1. The third-order valence-corrected chi connectivity index (χ3v) is 8.56. The van der Waals surface area contributed by atoms with Crippen molar-refractivity contribution in [2.45, 2.75) is 63.8 Å². The summed E-state index contributed by atoms with van der Waals surface area (Å²) >= 11 is 6.03. The molecule has 0 spiro atoms. The van der Waals surface area contributed by atoms with Crippen molar-refractivity contribution in [3.05, 3.63) is 106 Å². The van der Waals surface area contributed by atoms with Crippen molar-refractivity contribution in [1.82, 2.24) is 9.80 Å². The van der Waals surface area contributed by atoms with Crippen molar-refractivity contribution in [3.63, 3.8) is 0 Å². The van der Waals surface area contributed by atoms with Gasteiger partial charge in [0.1, 0.15) is 0 Å². The fourth-order valence-electron chi connectivity index (χ4n) is 6.00. The van der Waals surface area contributed by atoms with E-state index >= 15 is 0 Å². The van der Waals surface area contributed by atoms with E-state index in [0.29, 0.717) is 5.92 Å². The Kier molecular flexibility index (Phi) is 9.49. The summed E-state index contributed by atoms with van der Waals surface area (Å²) in [5.41, 5.74) is 5.96. The van der Waals surface area contributed by atoms with Gasteiger partial charge in [-0.3, -0.25) is 14.5 Å². The molecule has 2 aliphatic heterocycles. The molecule has 0 aromatic heterocycles. The predicted molar refractivity (Wildman–Crippen MR) is 159 cm³/mol. The highest BCUT2D eigenvalue weighted by Crippen LogP contribution is 2.29. The molecule has 0 radical (unpaired) electrons. The van der Waals surface area contributed by atoms with Gasteiger partial charge in [-0.25, -0.2) is 0 Å². The molecule has 2 aromatic rings. The summed E-state index contributed by atoms with van der Waals surface area (Å²) in [4.78, 5) is 30.5. The molecule has 2 aromatic carbocycles. The number of fused-ring (bicyclic) bond motifs is 1. The summed E-state index contributed by atoms with van der Waals surface area (Å²) in [5, 5.41) is 0.751. The van der Waals surface area contributed by atoms with E-state index in [2.05, 4.69) is 59.5 Å². The van der Waals surface area contributed by atoms with Gasteiger partial charge in [0.2, 0.25) is 5.91 Å². The van der Waals surface area contributed by atoms with Crippen LogP contribution in [0.25, 0.3) is 0 Å². The number of halogens is 1. The van der Waals surface area contributed by atoms with Crippen LogP contribution in [-0.2, 0) is 17.8 Å². The van der Waals surface area contributed by atoms with Crippen LogP contribution in [0.5, 0.6) is 0 Å². The number of carbonyl (C=O) groups is 2. The monoisotopic (exact) mass is 542 g/mol. The van der Waals surface area contributed by atoms with E-state index in [9.17, 15) is 9.59 Å². The second kappa shape index (κ2) is 13.4. The minimum absolute atomic E-state index is 0.0651. The lowest BCUT2D eigenvalue weighted by molar-refractivity contribution is -0.132. The fourth-order valence-corrected chi connectivity index (χ4v) is 6.13. The minimum Gasteiger partial charge on any atom is -0.343 e. The highest BCUT2D eigenvalue weighted by Gasteiger charge is 2.24. The molecule has 5 heteroatoms. The molecule has 204 valence electrons. The molecule has 1 fully saturated rings. The summed E-state index contributed by atoms with van der Waals surface area (Å²) in [6.45, 7) is 4.33. The molecular weight excluding hydrogens is 504 g/mol. The topological polar surface area (TPSA) is 40.6 Å². The molecule has 3 aliphatic rings. The normalized spacial score (nSPS) is 18.6. The molecule has 1 aliphatic carbocycles. The number of allylic oxidation sites excluding steroid dienone is 4. The molecule has 0 N–H and O–H groups in total. The van der Waals surface area contributed by atoms with Gasteiger partial charge in [0.25, 0.3) is 0 Å². The molecule has 2 heterocycles. The first-order valence-electron chi connectivity index (χ1n) is 14.5. The standard InChI is InChI=1S/C34H39ClN2O2/c35-32-14-12-28(13-15-32)29-18-21-37(22-19-29)34(39)17-16-33(38)30-11-10-27-9-5-6-20-36(25-31(27)23-30)24-26-7-3-1-2-4-8-26/h1,3-4,7-8,10-15,23,29H,2,5-6,9,16-22,24-25H2. The van der Waals surface area contributed by atoms with Crippen LogP contribution in [0.2, 0.25) is 5.02 Å². The number of ketones is 1. The van der Waals surface area contributed by atoms with Crippen LogP contribution >= 0.6 is 11.6 Å². The van der Waals surface area contributed by atoms with E-state index in [1.807, 2.05) is 23.1 Å². The molecule has 1 amide bonds. The summed E-state index contributed by atoms with van der Waals surface area (Å²) < 4.78 is 0. The van der Waals surface area contributed by atoms with E-state index in [-0.39, 0.29) is 24.5 Å². The zero-order chi connectivity index (χ0) is 27.0. The van der Waals surface area contributed by atoms with Crippen molar-refractivity contribution in [1.29, 1.82) is 0 Å². The Bertz CT molecular complexity index is 1250. The van der Waals surface area contributed by atoms with Crippen molar-refractivity contribution in [2.24, 2.45) is 0 Å². The number of hydrogen-bond acceptors (Lipinski definition) is 3. The maximum Gasteiger partial charge on any atom is 0.223 e. The molecule has 4 nitrogen and oxygen atoms in total. The van der Waals surface area contributed by atoms with Gasteiger partial charge in [0, 0.05) is 49.6 Å². The van der Waals surface area contributed by atoms with E-state index < -0.39 is 0 Å². The average molecular weight is 543 g/mol. The van der Waals surface area contributed by atoms with E-state index in [1.165, 1.54) is 28.7 Å². The van der Waals surface area contributed by atoms with Crippen LogP contribution in [0.4, 0.5) is 0 Å². The number of piperidine rings is 1. The number of carbonyl (C=O) groups excluding carboxylic acids is 2. The quantitative estimate of drug-likeness (QED) is 0.345. The average Bonchev–Trinajstić information content (AvgIpc) is 3.22. The first-order chi connectivity index (χ1) is 19.0. The molecule has 0 bridgehead atoms. The van der Waals surface area contributed by atoms with Gasteiger partial charge in [0.05, 0.1) is 0 Å². The lowest BCUT2D eigenvalue weighted by atomic mass is 9.89. The Balaban J connectivity index is 1.15. The van der Waals surface area contributed by atoms with Crippen LogP contribution in [0.1, 0.15) is 77.9 Å². The van der Waals surface area contributed by atoms with Crippen molar-refractivity contribution in [3.8, 4) is 0 Å². The number of Topliss-reactive ketones (excluding diaryl/α,β-unsaturated/α-hetero) is 1. The van der Waals surface area contributed by atoms with Gasteiger partial charge in [-0.2, -0.15) is 0 Å². The number of rotatable bonds is 7. The molecule has 0 saturated carbocycles. The van der Waals surface area contributed by atoms with Crippen LogP contribution in [-0.4, -0.2) is 47.7 Å². The van der Waals surface area contributed by atoms with Crippen LogP contribution in [0.15, 0.2) is 78.4 Å². The van der Waals surface area contributed by atoms with Crippen molar-refractivity contribution in [2.75, 3.05) is 26.2 Å². The van der Waals surface area contributed by atoms with E-state index in [1.54, 1.807) is 0 Å². The summed E-state index contributed by atoms with van der Waals surface area (Å²) in [6, 6.07) is 14.3. The highest BCUT2D eigenvalue weighted by atomic mass is 35.5. The second-order valence-corrected chi connectivity index (χ2v) is 11.5. The predicted octanol–water partition coefficient (Wildman–Crippen LogP) is 7.29. The Morgan fingerprint density at radius 3 is 2.54 bits per heavy atom. The number of hydrogen-bond donors (Lipinski definition) is 0. The SMILES string of the molecule is O=C(CCC(=O)N1CCC(c2ccc(Cl)cc2)CC1)c1ccc2c(c1)CN(CC1=CC=CCC=C1)CCCC2. The fraction of sp³-hybridized carbons (Fsp3) is 0.412. The largest absolute Gasteiger partial charge is 0.343 e. The lowest BCUT2D eigenvalue weighted by Gasteiger charge is -2.32. The Labute approximate surface area is 238 Å². The first kappa shape index (κ1) is 27.6. The molecule has 0 atom stereocenters. The Hall–Kier alpha value is -2.95. The number of nitrogens with zero attached hydrogens (tertiary/aromatic N) is 2. The van der Waals surface area contributed by atoms with Gasteiger partial charge in [-0.05, 0) is 91.5 Å². The van der Waals surface area contributed by atoms with Crippen LogP contribution < -0.4 is 0 Å². The summed E-state index contributed by atoms with van der Waals surface area (Å²) in [7, 11) is 0. The first-order valence-corrected chi connectivity index (χ1v) is 14.9. The zero-order valence-corrected chi connectivity index (χ0v) is 23.5. The third kappa shape index (κ3) is 7.58. The summed E-state index contributed by atoms with van der Waals surface area (Å²) in [5.74, 6) is 0.618. The van der Waals surface area contributed by atoms with E-state index in [4.69, 9.17) is 11.6 Å². The van der Waals surface area contributed by atoms with Crippen molar-refractivity contribution >= 4 is 23.3 Å². The maximum atomic E-state index is 13.2. The molecule has 39 heavy (non-hydrogen) atoms. The molecule has 1 saturated heterocycles. The Morgan fingerprint density at radius 1 is 0.897 bits per heavy atom. The summed E-state index contributed by atoms with van der Waals surface area (Å²) in [6.07, 6.45) is 17.8. The van der Waals surface area contributed by atoms with Gasteiger partial charge in [-0.15, -0.1) is 0 Å². The lowest BCUT2D eigenvalue weighted by Crippen LogP contribution is -2.38. The second-order valence-electron chi connectivity index (χ2n) is 11.1. The Morgan fingerprint density at radius 2 is 1.72 bits per heavy atom. The molecular formula is C34H39ClN2O2. The third-order valence-electron chi connectivity index (χ3n) is 8.30. The maximum absolute atomic E-state index is 13.2. The van der Waals surface area contributed by atoms with Crippen LogP contribution in [0.3, 0.4) is 0 Å². The van der Waals surface area contributed by atoms with Crippen molar-refractivity contribution < 1.29 is 9.59 Å². The van der Waals surface area contributed by atoms with Gasteiger partial charge in [-0.1, -0.05) is 66.2 Å². The number of benzene rings is 2. The molecule has 0 unspecified atom stereocenters. The minimum atomic E-state index is 0.0651. The smallest absolute Gasteiger partial charge is 0.223 e. The van der Waals surface area contributed by atoms with Gasteiger partial charge >= 0.3 is 0 Å². The van der Waals surface area contributed by atoms with E-state index in [0.717, 1.165) is 75.4 Å². The van der Waals surface area contributed by atoms with Gasteiger partial charge in [0.15, 0.2) is 5.78 Å². The molecule has 5 rings (SSSR count). The van der Waals surface area contributed by atoms with Crippen LogP contribution in [0, 0.1) is 0 Å². The highest BCUT2D eigenvalue weighted by molar-refractivity contribution is 6.30. The van der Waals surface area contributed by atoms with Gasteiger partial charge < -0.3 is 4.90 Å². The number of likely N-dealkylation sites (tertiary alicyclic amines) is 1. The number of amides is 1. The zero-order valence-electron chi connectivity index (χ0n) is 22.8.